The summed E-state index contributed by atoms with van der Waals surface area (Å²) in [6.45, 7) is 0. The Morgan fingerprint density at radius 3 is 2.41 bits per heavy atom. The molecule has 2 aromatic carbocycles. The first-order chi connectivity index (χ1) is 12.9. The molecule has 0 aliphatic rings. The second kappa shape index (κ2) is 7.86. The first-order valence-electron chi connectivity index (χ1n) is 8.15. The normalized spacial score (nSPS) is 11.9. The number of fused-ring (bicyclic) bond motifs is 1. The molecule has 2 amide bonds. The number of primary amides is 1. The van der Waals surface area contributed by atoms with E-state index in [1.54, 1.807) is 12.1 Å². The van der Waals surface area contributed by atoms with Crippen molar-refractivity contribution in [3.8, 4) is 0 Å². The van der Waals surface area contributed by atoms with Crippen molar-refractivity contribution in [2.45, 2.75) is 18.9 Å². The van der Waals surface area contributed by atoms with Crippen molar-refractivity contribution in [3.05, 3.63) is 71.6 Å². The van der Waals surface area contributed by atoms with Crippen molar-refractivity contribution in [1.82, 2.24) is 15.3 Å². The highest BCUT2D eigenvalue weighted by Crippen LogP contribution is 2.11. The number of benzene rings is 2. The molecule has 0 radical (unpaired) electrons. The van der Waals surface area contributed by atoms with Crippen LogP contribution in [-0.4, -0.2) is 27.8 Å². The zero-order chi connectivity index (χ0) is 19.4. The highest BCUT2D eigenvalue weighted by Gasteiger charge is 2.20. The molecule has 0 spiro atoms. The van der Waals surface area contributed by atoms with Gasteiger partial charge in [-0.05, 0) is 29.8 Å². The number of halogens is 2. The van der Waals surface area contributed by atoms with Crippen LogP contribution in [0.25, 0.3) is 11.0 Å². The van der Waals surface area contributed by atoms with Gasteiger partial charge in [0.1, 0.15) is 17.7 Å². The molecule has 0 bridgehead atoms. The minimum Gasteiger partial charge on any atom is -0.368 e. The molecular weight excluding hydrogens is 354 g/mol. The number of aromatic nitrogens is 2. The summed E-state index contributed by atoms with van der Waals surface area (Å²) >= 11 is 0. The van der Waals surface area contributed by atoms with Gasteiger partial charge in [-0.2, -0.15) is 0 Å². The summed E-state index contributed by atoms with van der Waals surface area (Å²) in [7, 11) is 0. The Balaban J connectivity index is 1.71. The van der Waals surface area contributed by atoms with E-state index in [4.69, 9.17) is 5.73 Å². The van der Waals surface area contributed by atoms with Gasteiger partial charge in [0, 0.05) is 18.7 Å². The fourth-order valence-corrected chi connectivity index (χ4v) is 2.67. The van der Waals surface area contributed by atoms with Gasteiger partial charge in [-0.3, -0.25) is 14.6 Å². The molecule has 0 saturated carbocycles. The number of rotatable bonds is 6. The van der Waals surface area contributed by atoms with Crippen molar-refractivity contribution < 1.29 is 18.4 Å². The molecule has 1 aromatic heterocycles. The lowest BCUT2D eigenvalue weighted by Crippen LogP contribution is -2.46. The van der Waals surface area contributed by atoms with Gasteiger partial charge in [-0.15, -0.1) is 0 Å². The maximum atomic E-state index is 13.2. The maximum absolute atomic E-state index is 13.2. The largest absolute Gasteiger partial charge is 0.368 e. The van der Waals surface area contributed by atoms with Crippen LogP contribution in [0.2, 0.25) is 0 Å². The molecule has 8 heteroatoms. The Kier molecular flexibility index (Phi) is 5.35. The third-order valence-corrected chi connectivity index (χ3v) is 3.88. The Bertz CT molecular complexity index is 990. The van der Waals surface area contributed by atoms with Gasteiger partial charge in [0.15, 0.2) is 0 Å². The zero-order valence-electron chi connectivity index (χ0n) is 14.2. The summed E-state index contributed by atoms with van der Waals surface area (Å²) < 4.78 is 26.4. The Labute approximate surface area is 153 Å². The third kappa shape index (κ3) is 4.81. The van der Waals surface area contributed by atoms with E-state index in [9.17, 15) is 18.4 Å². The van der Waals surface area contributed by atoms with Gasteiger partial charge < -0.3 is 11.1 Å². The molecule has 3 rings (SSSR count). The predicted octanol–water partition coefficient (Wildman–Crippen LogP) is 1.66. The van der Waals surface area contributed by atoms with E-state index >= 15 is 0 Å². The molecule has 0 aliphatic carbocycles. The van der Waals surface area contributed by atoms with Crippen molar-refractivity contribution in [1.29, 1.82) is 0 Å². The van der Waals surface area contributed by atoms with E-state index in [0.717, 1.165) is 12.1 Å². The average Bonchev–Trinajstić information content (AvgIpc) is 2.60. The molecule has 0 aliphatic heterocycles. The van der Waals surface area contributed by atoms with Crippen molar-refractivity contribution in [2.24, 2.45) is 5.73 Å². The number of nitrogens with zero attached hydrogens (tertiary/aromatic N) is 2. The molecule has 3 N–H and O–H groups in total. The first kappa shape index (κ1) is 18.4. The van der Waals surface area contributed by atoms with Crippen LogP contribution in [0.15, 0.2) is 48.7 Å². The number of amides is 2. The van der Waals surface area contributed by atoms with E-state index in [2.05, 4.69) is 15.3 Å². The lowest BCUT2D eigenvalue weighted by molar-refractivity contribution is -0.127. The summed E-state index contributed by atoms with van der Waals surface area (Å²) in [6.07, 6.45) is 1.27. The number of nitrogens with two attached hydrogens (primary N) is 1. The van der Waals surface area contributed by atoms with Crippen LogP contribution < -0.4 is 11.1 Å². The van der Waals surface area contributed by atoms with Gasteiger partial charge >= 0.3 is 0 Å². The van der Waals surface area contributed by atoms with E-state index in [0.29, 0.717) is 22.8 Å². The lowest BCUT2D eigenvalue weighted by atomic mass is 10.1. The lowest BCUT2D eigenvalue weighted by Gasteiger charge is -2.15. The molecule has 27 heavy (non-hydrogen) atoms. The molecule has 0 fully saturated rings. The van der Waals surface area contributed by atoms with E-state index in [1.807, 2.05) is 12.1 Å². The standard InChI is InChI=1S/C19H16F2N4O2/c20-12-5-11(6-13(21)8-12)7-18(26)25-17(19(22)27)9-14-10-23-15-3-1-2-4-16(15)24-14/h1-6,8,10,17H,7,9H2,(H2,22,27)(H,25,26)/t17-/m0/s1. The monoisotopic (exact) mass is 370 g/mol. The molecule has 1 atom stereocenters. The molecule has 3 aromatic rings. The predicted molar refractivity (Wildman–Crippen MR) is 94.4 cm³/mol. The van der Waals surface area contributed by atoms with Gasteiger partial charge in [-0.25, -0.2) is 13.8 Å². The second-order valence-corrected chi connectivity index (χ2v) is 6.03. The number of hydrogen-bond donors (Lipinski definition) is 2. The number of hydrogen-bond acceptors (Lipinski definition) is 4. The number of para-hydroxylation sites is 2. The number of carbonyl (C=O) groups is 2. The minimum atomic E-state index is -1.02. The van der Waals surface area contributed by atoms with Crippen LogP contribution in [0.4, 0.5) is 8.78 Å². The van der Waals surface area contributed by atoms with Crippen LogP contribution in [0, 0.1) is 11.6 Å². The van der Waals surface area contributed by atoms with Gasteiger partial charge in [0.25, 0.3) is 0 Å². The van der Waals surface area contributed by atoms with Crippen LogP contribution >= 0.6 is 0 Å². The molecular formula is C19H16F2N4O2. The number of carbonyl (C=O) groups excluding carboxylic acids is 2. The zero-order valence-corrected chi connectivity index (χ0v) is 14.2. The summed E-state index contributed by atoms with van der Waals surface area (Å²) in [5, 5.41) is 2.47. The van der Waals surface area contributed by atoms with Crippen molar-refractivity contribution >= 4 is 22.8 Å². The van der Waals surface area contributed by atoms with Crippen LogP contribution in [0.3, 0.4) is 0 Å². The quantitative estimate of drug-likeness (QED) is 0.690. The van der Waals surface area contributed by atoms with E-state index in [1.165, 1.54) is 6.20 Å². The number of nitrogens with one attached hydrogen (secondary N) is 1. The van der Waals surface area contributed by atoms with E-state index in [-0.39, 0.29) is 18.4 Å². The molecule has 1 heterocycles. The first-order valence-corrected chi connectivity index (χ1v) is 8.15. The highest BCUT2D eigenvalue weighted by molar-refractivity contribution is 5.87. The average molecular weight is 370 g/mol. The molecule has 138 valence electrons. The fourth-order valence-electron chi connectivity index (χ4n) is 2.67. The topological polar surface area (TPSA) is 98.0 Å². The Morgan fingerprint density at radius 1 is 1.07 bits per heavy atom. The molecule has 6 nitrogen and oxygen atoms in total. The third-order valence-electron chi connectivity index (χ3n) is 3.88. The van der Waals surface area contributed by atoms with Crippen LogP contribution in [0.1, 0.15) is 11.3 Å². The molecule has 0 unspecified atom stereocenters. The Morgan fingerprint density at radius 2 is 1.74 bits per heavy atom. The minimum absolute atomic E-state index is 0.0520. The van der Waals surface area contributed by atoms with Crippen LogP contribution in [-0.2, 0) is 22.4 Å². The van der Waals surface area contributed by atoms with Gasteiger partial charge in [0.05, 0.1) is 23.1 Å². The van der Waals surface area contributed by atoms with Crippen LogP contribution in [0.5, 0.6) is 0 Å². The Hall–Kier alpha value is -3.42. The van der Waals surface area contributed by atoms with Crippen molar-refractivity contribution in [3.63, 3.8) is 0 Å². The second-order valence-electron chi connectivity index (χ2n) is 6.03. The van der Waals surface area contributed by atoms with Gasteiger partial charge in [0.2, 0.25) is 11.8 Å². The van der Waals surface area contributed by atoms with Gasteiger partial charge in [-0.1, -0.05) is 12.1 Å². The summed E-state index contributed by atoms with van der Waals surface area (Å²) in [4.78, 5) is 32.5. The highest BCUT2D eigenvalue weighted by atomic mass is 19.1. The maximum Gasteiger partial charge on any atom is 0.240 e. The SMILES string of the molecule is NC(=O)[C@H](Cc1cnc2ccccc2n1)NC(=O)Cc1cc(F)cc(F)c1. The summed E-state index contributed by atoms with van der Waals surface area (Å²) in [6, 6.07) is 9.02. The summed E-state index contributed by atoms with van der Waals surface area (Å²) in [5.41, 5.74) is 7.35. The van der Waals surface area contributed by atoms with Crippen molar-refractivity contribution in [2.75, 3.05) is 0 Å². The molecule has 0 saturated heterocycles. The smallest absolute Gasteiger partial charge is 0.240 e. The summed E-state index contributed by atoms with van der Waals surface area (Å²) in [5.74, 6) is -2.90. The van der Waals surface area contributed by atoms with E-state index < -0.39 is 29.5 Å². The fraction of sp³-hybridized carbons (Fsp3) is 0.158.